The van der Waals surface area contributed by atoms with Crippen molar-refractivity contribution in [2.75, 3.05) is 21.1 Å². The molecule has 0 N–H and O–H groups in total. The molecule has 0 radical (unpaired) electrons. The van der Waals surface area contributed by atoms with Crippen molar-refractivity contribution in [3.8, 4) is 0 Å². The molecule has 0 spiro atoms. The molecule has 0 bridgehead atoms. The molecule has 2 nitrogen and oxygen atoms in total. The van der Waals surface area contributed by atoms with Crippen LogP contribution in [0.3, 0.4) is 0 Å². The van der Waals surface area contributed by atoms with E-state index in [0.717, 1.165) is 4.90 Å². The quantitative estimate of drug-likeness (QED) is 0.358. The average Bonchev–Trinajstić information content (AvgIpc) is 2.36. The van der Waals surface area contributed by atoms with E-state index in [2.05, 4.69) is 15.6 Å². The van der Waals surface area contributed by atoms with Crippen LogP contribution in [0.2, 0.25) is 0 Å². The van der Waals surface area contributed by atoms with Gasteiger partial charge in [-0.25, -0.2) is 0 Å². The summed E-state index contributed by atoms with van der Waals surface area (Å²) < 4.78 is 94.3. The molecule has 0 amide bonds. The van der Waals surface area contributed by atoms with Gasteiger partial charge in [0.25, 0.3) is 0 Å². The van der Waals surface area contributed by atoms with Crippen LogP contribution < -0.4 is 0 Å². The van der Waals surface area contributed by atoms with Gasteiger partial charge in [-0.15, -0.1) is 0 Å². The molecule has 21 heavy (non-hydrogen) atoms. The van der Waals surface area contributed by atoms with E-state index in [0.29, 0.717) is 7.05 Å². The Labute approximate surface area is 126 Å². The first-order valence-electron chi connectivity index (χ1n) is 5.97. The molecule has 0 saturated heterocycles. The second-order valence-corrected chi connectivity index (χ2v) is 5.50. The van der Waals surface area contributed by atoms with E-state index >= 15 is 0 Å². The maximum absolute atomic E-state index is 13.8. The van der Waals surface area contributed by atoms with Crippen LogP contribution in [0.25, 0.3) is 0 Å². The first kappa shape index (κ1) is 20.5. The van der Waals surface area contributed by atoms with Crippen molar-refractivity contribution in [1.29, 1.82) is 0 Å². The number of hydrogen-bond acceptors (Lipinski definition) is 2. The van der Waals surface area contributed by atoms with Crippen LogP contribution in [-0.2, 0) is 0 Å². The monoisotopic (exact) mass is 390 g/mol. The maximum atomic E-state index is 13.8. The van der Waals surface area contributed by atoms with Crippen molar-refractivity contribution in [2.45, 2.75) is 43.8 Å². The molecule has 0 aromatic carbocycles. The van der Waals surface area contributed by atoms with Crippen LogP contribution >= 0.6 is 0 Å². The fourth-order valence-electron chi connectivity index (χ4n) is 1.46. The Balaban J connectivity index is 5.59. The Morgan fingerprint density at radius 3 is 1.81 bits per heavy atom. The number of nitrogens with zero attached hydrogens (tertiary/aromatic N) is 2. The first-order chi connectivity index (χ1) is 9.25. The summed E-state index contributed by atoms with van der Waals surface area (Å²) in [6, 6.07) is -5.28. The molecule has 0 aliphatic carbocycles. The third kappa shape index (κ3) is 3.64. The van der Waals surface area contributed by atoms with E-state index in [4.69, 9.17) is 0 Å². The first-order valence-corrected chi connectivity index (χ1v) is 6.83. The molecule has 0 heterocycles. The topological polar surface area (TPSA) is 6.48 Å². The van der Waals surface area contributed by atoms with Gasteiger partial charge in [0.2, 0.25) is 0 Å². The Morgan fingerprint density at radius 2 is 1.48 bits per heavy atom. The van der Waals surface area contributed by atoms with Gasteiger partial charge in [0, 0.05) is 0 Å². The van der Waals surface area contributed by atoms with Gasteiger partial charge >= 0.3 is 126 Å². The van der Waals surface area contributed by atoms with Gasteiger partial charge in [-0.3, -0.25) is 0 Å². The Kier molecular flexibility index (Phi) is 6.57. The second kappa shape index (κ2) is 6.73. The van der Waals surface area contributed by atoms with Crippen LogP contribution in [0, 0.1) is 0 Å². The van der Waals surface area contributed by atoms with Crippen LogP contribution in [0.5, 0.6) is 0 Å². The second-order valence-electron chi connectivity index (χ2n) is 4.73. The Hall–Kier alpha value is -0.501. The van der Waals surface area contributed by atoms with Crippen LogP contribution in [-0.4, -0.2) is 75.2 Å². The van der Waals surface area contributed by atoms with E-state index in [1.54, 1.807) is 0 Å². The molecule has 0 aromatic heterocycles. The standard InChI is InChI=1S/C11H17F7N2Se/c1-5-6-7(12)9(13,14)10(15,16)11(17,18)20(4)8(21)19(2)3/h7H,5-6H2,1-4H3. The summed E-state index contributed by atoms with van der Waals surface area (Å²) in [6.07, 6.45) is -4.48. The van der Waals surface area contributed by atoms with E-state index in [1.165, 1.54) is 21.0 Å². The molecule has 10 heteroatoms. The molecule has 0 aromatic rings. The normalized spacial score (nSPS) is 14.8. The molecule has 0 fully saturated rings. The number of hydrogen-bond donors (Lipinski definition) is 0. The van der Waals surface area contributed by atoms with Gasteiger partial charge in [-0.05, 0) is 0 Å². The molecule has 0 aliphatic rings. The predicted molar refractivity (Wildman–Crippen MR) is 66.9 cm³/mol. The molecule has 1 atom stereocenters. The zero-order valence-corrected chi connectivity index (χ0v) is 13.7. The minimum atomic E-state index is -5.88. The molecular formula is C11H17F7N2Se. The fraction of sp³-hybridized carbons (Fsp3) is 0.909. The SMILES string of the molecule is CCCC(F)C(F)(F)C(F)(F)C(F)(F)N(C)C(=[Se])N(C)C. The minimum absolute atomic E-state index is 0.176. The van der Waals surface area contributed by atoms with Gasteiger partial charge in [0.05, 0.1) is 0 Å². The van der Waals surface area contributed by atoms with Crippen molar-refractivity contribution in [3.63, 3.8) is 0 Å². The summed E-state index contributed by atoms with van der Waals surface area (Å²) in [5.74, 6) is -11.4. The van der Waals surface area contributed by atoms with Gasteiger partial charge in [-0.1, -0.05) is 0 Å². The third-order valence-electron chi connectivity index (χ3n) is 2.82. The van der Waals surface area contributed by atoms with Crippen molar-refractivity contribution >= 4 is 20.2 Å². The van der Waals surface area contributed by atoms with Crippen LogP contribution in [0.4, 0.5) is 30.7 Å². The van der Waals surface area contributed by atoms with E-state index in [-0.39, 0.29) is 11.3 Å². The summed E-state index contributed by atoms with van der Waals surface area (Å²) in [5, 5.41) is 0. The molecule has 0 rings (SSSR count). The summed E-state index contributed by atoms with van der Waals surface area (Å²) in [7, 11) is 3.02. The molecule has 126 valence electrons. The zero-order valence-electron chi connectivity index (χ0n) is 11.9. The van der Waals surface area contributed by atoms with E-state index in [1.807, 2.05) is 0 Å². The summed E-state index contributed by atoms with van der Waals surface area (Å²) in [6.45, 7) is 1.28. The average molecular weight is 389 g/mol. The number of alkyl halides is 7. The van der Waals surface area contributed by atoms with Gasteiger partial charge in [0.15, 0.2) is 0 Å². The molecule has 1 unspecified atom stereocenters. The van der Waals surface area contributed by atoms with Crippen LogP contribution in [0.1, 0.15) is 19.8 Å². The van der Waals surface area contributed by atoms with Crippen molar-refractivity contribution in [1.82, 2.24) is 9.80 Å². The molecule has 0 saturated carbocycles. The summed E-state index contributed by atoms with van der Waals surface area (Å²) >= 11 is 2.08. The number of rotatable bonds is 8. The Morgan fingerprint density at radius 1 is 1.05 bits per heavy atom. The van der Waals surface area contributed by atoms with Crippen molar-refractivity contribution in [2.24, 2.45) is 0 Å². The van der Waals surface area contributed by atoms with Crippen molar-refractivity contribution < 1.29 is 30.7 Å². The zero-order chi connectivity index (χ0) is 17.2. The van der Waals surface area contributed by atoms with Gasteiger partial charge < -0.3 is 0 Å². The van der Waals surface area contributed by atoms with Crippen molar-refractivity contribution in [3.05, 3.63) is 0 Å². The van der Waals surface area contributed by atoms with E-state index < -0.39 is 35.1 Å². The number of halogens is 7. The molecule has 0 aliphatic heterocycles. The van der Waals surface area contributed by atoms with Gasteiger partial charge in [-0.2, -0.15) is 0 Å². The predicted octanol–water partition coefficient (Wildman–Crippen LogP) is 2.74. The van der Waals surface area contributed by atoms with E-state index in [9.17, 15) is 30.7 Å². The third-order valence-corrected chi connectivity index (χ3v) is 4.16. The molecular weight excluding hydrogens is 372 g/mol. The fourth-order valence-corrected chi connectivity index (χ4v) is 1.70. The van der Waals surface area contributed by atoms with Gasteiger partial charge in [0.1, 0.15) is 0 Å². The van der Waals surface area contributed by atoms with Crippen LogP contribution in [0.15, 0.2) is 0 Å². The Bertz CT molecular complexity index is 374. The summed E-state index contributed by atoms with van der Waals surface area (Å²) in [5.41, 5.74) is 0. The summed E-state index contributed by atoms with van der Waals surface area (Å²) in [4.78, 5) is 0.667.